The van der Waals surface area contributed by atoms with E-state index in [1.54, 1.807) is 62.4 Å². The minimum Gasteiger partial charge on any atom is -0.387 e. The Bertz CT molecular complexity index is 667. The number of aliphatic hydroxyl groups is 1. The van der Waals surface area contributed by atoms with Crippen molar-refractivity contribution in [3.63, 3.8) is 0 Å². The third-order valence-corrected chi connectivity index (χ3v) is 3.66. The second kappa shape index (κ2) is 5.90. The highest BCUT2D eigenvalue weighted by Gasteiger charge is 2.37. The number of nitriles is 1. The summed E-state index contributed by atoms with van der Waals surface area (Å²) in [5.74, 6) is -0.111. The standard InChI is InChI=1S/C18H17NO2/c1-18(2,16(20)14-6-4-3-5-7-14)17(21)15-10-8-13(12-19)9-11-15/h3-11,17,21H,1-2H3. The monoisotopic (exact) mass is 279 g/mol. The summed E-state index contributed by atoms with van der Waals surface area (Å²) in [5, 5.41) is 19.3. The van der Waals surface area contributed by atoms with Crippen molar-refractivity contribution in [1.82, 2.24) is 0 Å². The maximum Gasteiger partial charge on any atom is 0.171 e. The van der Waals surface area contributed by atoms with E-state index in [0.29, 0.717) is 16.7 Å². The van der Waals surface area contributed by atoms with Gasteiger partial charge in [-0.25, -0.2) is 0 Å². The third-order valence-electron chi connectivity index (χ3n) is 3.66. The molecule has 0 saturated heterocycles. The molecule has 0 amide bonds. The average molecular weight is 279 g/mol. The molecule has 21 heavy (non-hydrogen) atoms. The summed E-state index contributed by atoms with van der Waals surface area (Å²) < 4.78 is 0. The molecular weight excluding hydrogens is 262 g/mol. The van der Waals surface area contributed by atoms with E-state index in [4.69, 9.17) is 5.26 Å². The van der Waals surface area contributed by atoms with Crippen LogP contribution >= 0.6 is 0 Å². The van der Waals surface area contributed by atoms with Gasteiger partial charge in [-0.2, -0.15) is 5.26 Å². The van der Waals surface area contributed by atoms with Gasteiger partial charge < -0.3 is 5.11 Å². The number of benzene rings is 2. The van der Waals surface area contributed by atoms with E-state index in [2.05, 4.69) is 0 Å². The number of hydrogen-bond donors (Lipinski definition) is 1. The lowest BCUT2D eigenvalue weighted by Gasteiger charge is -2.29. The minimum atomic E-state index is -0.949. The summed E-state index contributed by atoms with van der Waals surface area (Å²) in [4.78, 5) is 12.6. The predicted molar refractivity (Wildman–Crippen MR) is 80.7 cm³/mol. The van der Waals surface area contributed by atoms with Crippen LogP contribution in [0.5, 0.6) is 0 Å². The van der Waals surface area contributed by atoms with E-state index in [1.807, 2.05) is 12.1 Å². The first-order valence-electron chi connectivity index (χ1n) is 6.75. The van der Waals surface area contributed by atoms with Gasteiger partial charge in [-0.1, -0.05) is 42.5 Å². The van der Waals surface area contributed by atoms with Gasteiger partial charge in [-0.15, -0.1) is 0 Å². The number of nitrogens with zero attached hydrogens (tertiary/aromatic N) is 1. The second-order valence-electron chi connectivity index (χ2n) is 5.55. The Labute approximate surface area is 124 Å². The lowest BCUT2D eigenvalue weighted by Crippen LogP contribution is -2.31. The van der Waals surface area contributed by atoms with Gasteiger partial charge in [0.15, 0.2) is 5.78 Å². The number of hydrogen-bond acceptors (Lipinski definition) is 3. The fourth-order valence-electron chi connectivity index (χ4n) is 2.24. The van der Waals surface area contributed by atoms with Crippen molar-refractivity contribution in [3.8, 4) is 6.07 Å². The van der Waals surface area contributed by atoms with Crippen LogP contribution in [-0.4, -0.2) is 10.9 Å². The quantitative estimate of drug-likeness (QED) is 0.871. The first-order chi connectivity index (χ1) is 9.96. The number of rotatable bonds is 4. The van der Waals surface area contributed by atoms with Gasteiger partial charge in [0.1, 0.15) is 0 Å². The van der Waals surface area contributed by atoms with Crippen molar-refractivity contribution in [1.29, 1.82) is 5.26 Å². The minimum absolute atomic E-state index is 0.111. The van der Waals surface area contributed by atoms with Gasteiger partial charge in [0.05, 0.1) is 23.2 Å². The van der Waals surface area contributed by atoms with Crippen molar-refractivity contribution in [2.24, 2.45) is 5.41 Å². The molecule has 0 aliphatic carbocycles. The Morgan fingerprint density at radius 2 is 1.67 bits per heavy atom. The number of Topliss-reactive ketones (excluding diaryl/α,β-unsaturated/α-hetero) is 1. The molecule has 2 aromatic rings. The van der Waals surface area contributed by atoms with E-state index >= 15 is 0 Å². The summed E-state index contributed by atoms with van der Waals surface area (Å²) in [7, 11) is 0. The van der Waals surface area contributed by atoms with Gasteiger partial charge >= 0.3 is 0 Å². The molecule has 1 N–H and O–H groups in total. The van der Waals surface area contributed by atoms with Gasteiger partial charge in [-0.05, 0) is 31.5 Å². The van der Waals surface area contributed by atoms with Gasteiger partial charge in [0.2, 0.25) is 0 Å². The fourth-order valence-corrected chi connectivity index (χ4v) is 2.24. The van der Waals surface area contributed by atoms with Crippen molar-refractivity contribution in [2.75, 3.05) is 0 Å². The SMILES string of the molecule is CC(C)(C(=O)c1ccccc1)C(O)c1ccc(C#N)cc1. The first-order valence-corrected chi connectivity index (χ1v) is 6.75. The third kappa shape index (κ3) is 3.01. The molecule has 0 bridgehead atoms. The lowest BCUT2D eigenvalue weighted by atomic mass is 9.76. The van der Waals surface area contributed by atoms with Crippen LogP contribution in [-0.2, 0) is 0 Å². The molecule has 0 saturated carbocycles. The Balaban J connectivity index is 2.29. The zero-order valence-electron chi connectivity index (χ0n) is 12.1. The number of ketones is 1. The van der Waals surface area contributed by atoms with Crippen LogP contribution in [0.3, 0.4) is 0 Å². The van der Waals surface area contributed by atoms with Crippen molar-refractivity contribution in [2.45, 2.75) is 20.0 Å². The highest BCUT2D eigenvalue weighted by atomic mass is 16.3. The van der Waals surface area contributed by atoms with E-state index in [-0.39, 0.29) is 5.78 Å². The summed E-state index contributed by atoms with van der Waals surface area (Å²) >= 11 is 0. The smallest absolute Gasteiger partial charge is 0.171 e. The van der Waals surface area contributed by atoms with Gasteiger partial charge in [0, 0.05) is 5.56 Å². The molecule has 0 fully saturated rings. The summed E-state index contributed by atoms with van der Waals surface area (Å²) in [5.41, 5.74) is 0.784. The molecule has 3 heteroatoms. The topological polar surface area (TPSA) is 61.1 Å². The number of carbonyl (C=O) groups is 1. The first kappa shape index (κ1) is 15.0. The van der Waals surface area contributed by atoms with Crippen molar-refractivity contribution < 1.29 is 9.90 Å². The van der Waals surface area contributed by atoms with E-state index in [1.165, 1.54) is 0 Å². The van der Waals surface area contributed by atoms with Crippen LogP contribution in [0.4, 0.5) is 0 Å². The molecule has 2 rings (SSSR count). The molecule has 0 aliphatic heterocycles. The van der Waals surface area contributed by atoms with Crippen molar-refractivity contribution >= 4 is 5.78 Å². The normalized spacial score (nSPS) is 12.5. The maximum atomic E-state index is 12.6. The Hall–Kier alpha value is -2.44. The zero-order chi connectivity index (χ0) is 15.5. The highest BCUT2D eigenvalue weighted by molar-refractivity contribution is 6.00. The Kier molecular flexibility index (Phi) is 4.21. The number of carbonyl (C=O) groups excluding carboxylic acids is 1. The molecule has 0 aliphatic rings. The van der Waals surface area contributed by atoms with Crippen LogP contribution in [0, 0.1) is 16.7 Å². The Morgan fingerprint density at radius 1 is 1.10 bits per heavy atom. The molecule has 0 aromatic heterocycles. The predicted octanol–water partition coefficient (Wildman–Crippen LogP) is 3.50. The molecule has 0 heterocycles. The molecule has 2 aromatic carbocycles. The molecule has 1 atom stereocenters. The van der Waals surface area contributed by atoms with Gasteiger partial charge in [-0.3, -0.25) is 4.79 Å². The van der Waals surface area contributed by atoms with Crippen molar-refractivity contribution in [3.05, 3.63) is 71.3 Å². The van der Waals surface area contributed by atoms with Crippen LogP contribution < -0.4 is 0 Å². The van der Waals surface area contributed by atoms with E-state index in [9.17, 15) is 9.90 Å². The summed E-state index contributed by atoms with van der Waals surface area (Å²) in [6.07, 6.45) is -0.932. The van der Waals surface area contributed by atoms with E-state index in [0.717, 1.165) is 0 Å². The highest BCUT2D eigenvalue weighted by Crippen LogP contribution is 2.36. The zero-order valence-corrected chi connectivity index (χ0v) is 12.1. The maximum absolute atomic E-state index is 12.6. The summed E-state index contributed by atoms with van der Waals surface area (Å²) in [6.45, 7) is 3.45. The molecule has 3 nitrogen and oxygen atoms in total. The van der Waals surface area contributed by atoms with Gasteiger partial charge in [0.25, 0.3) is 0 Å². The van der Waals surface area contributed by atoms with Crippen LogP contribution in [0.15, 0.2) is 54.6 Å². The summed E-state index contributed by atoms with van der Waals surface area (Å²) in [6, 6.07) is 17.6. The second-order valence-corrected chi connectivity index (χ2v) is 5.55. The molecule has 106 valence electrons. The van der Waals surface area contributed by atoms with Crippen LogP contribution in [0.25, 0.3) is 0 Å². The lowest BCUT2D eigenvalue weighted by molar-refractivity contribution is 0.0388. The average Bonchev–Trinajstić information content (AvgIpc) is 2.54. The Morgan fingerprint density at radius 3 is 2.19 bits per heavy atom. The van der Waals surface area contributed by atoms with E-state index < -0.39 is 11.5 Å². The van der Waals surface area contributed by atoms with Crippen LogP contribution in [0.1, 0.15) is 41.4 Å². The molecule has 0 spiro atoms. The molecule has 0 radical (unpaired) electrons. The molecular formula is C18H17NO2. The molecule has 1 unspecified atom stereocenters. The number of aliphatic hydroxyl groups excluding tert-OH is 1. The fraction of sp³-hybridized carbons (Fsp3) is 0.222. The largest absolute Gasteiger partial charge is 0.387 e. The van der Waals surface area contributed by atoms with Crippen LogP contribution in [0.2, 0.25) is 0 Å².